The fourth-order valence-electron chi connectivity index (χ4n) is 1.02. The van der Waals surface area contributed by atoms with E-state index in [1.54, 1.807) is 14.2 Å². The van der Waals surface area contributed by atoms with Gasteiger partial charge in [-0.15, -0.1) is 24.0 Å². The fourth-order valence-corrected chi connectivity index (χ4v) is 1.02. The van der Waals surface area contributed by atoms with Crippen molar-refractivity contribution in [1.82, 2.24) is 10.6 Å². The quantitative estimate of drug-likeness (QED) is 0.324. The first-order valence-electron chi connectivity index (χ1n) is 5.55. The van der Waals surface area contributed by atoms with Gasteiger partial charge in [-0.1, -0.05) is 0 Å². The first-order chi connectivity index (χ1) is 7.49. The lowest BCUT2D eigenvalue weighted by Crippen LogP contribution is -2.48. The summed E-state index contributed by atoms with van der Waals surface area (Å²) in [7, 11) is 3.42. The molecule has 0 aromatic rings. The van der Waals surface area contributed by atoms with Gasteiger partial charge in [-0.05, 0) is 20.8 Å². The summed E-state index contributed by atoms with van der Waals surface area (Å²) in [5, 5.41) is 6.44. The van der Waals surface area contributed by atoms with E-state index < -0.39 is 0 Å². The minimum absolute atomic E-state index is 0. The van der Waals surface area contributed by atoms with Crippen LogP contribution in [0.15, 0.2) is 4.99 Å². The van der Waals surface area contributed by atoms with E-state index in [-0.39, 0.29) is 29.5 Å². The third-order valence-electron chi connectivity index (χ3n) is 1.69. The molecule has 0 aliphatic heterocycles. The molecule has 5 nitrogen and oxygen atoms in total. The molecule has 0 saturated heterocycles. The molecule has 0 atom stereocenters. The number of guanidine groups is 1. The second-order valence-corrected chi connectivity index (χ2v) is 4.48. The highest BCUT2D eigenvalue weighted by Gasteiger charge is 2.10. The zero-order chi connectivity index (χ0) is 12.4. The van der Waals surface area contributed by atoms with Crippen molar-refractivity contribution in [2.24, 2.45) is 4.99 Å². The van der Waals surface area contributed by atoms with Gasteiger partial charge >= 0.3 is 0 Å². The number of nitrogens with one attached hydrogen (secondary N) is 2. The van der Waals surface area contributed by atoms with Crippen LogP contribution in [0.5, 0.6) is 0 Å². The number of halogens is 1. The third kappa shape index (κ3) is 13.9. The van der Waals surface area contributed by atoms with Gasteiger partial charge in [0.25, 0.3) is 0 Å². The molecule has 6 heteroatoms. The molecule has 0 aromatic carbocycles. The van der Waals surface area contributed by atoms with Crippen molar-refractivity contribution >= 4 is 29.9 Å². The standard InChI is InChI=1S/C11H25N3O2.HI/c1-11(2,3)14-10(12-4)13-6-7-16-9-8-15-5;/h6-9H2,1-5H3,(H2,12,13,14);1H. The van der Waals surface area contributed by atoms with Crippen LogP contribution in [0.4, 0.5) is 0 Å². The molecule has 0 aromatic heterocycles. The molecule has 0 saturated carbocycles. The Hall–Kier alpha value is -0.0800. The maximum absolute atomic E-state index is 5.33. The summed E-state index contributed by atoms with van der Waals surface area (Å²) >= 11 is 0. The Kier molecular flexibility index (Phi) is 12.5. The first kappa shape index (κ1) is 19.3. The van der Waals surface area contributed by atoms with E-state index in [1.807, 2.05) is 0 Å². The van der Waals surface area contributed by atoms with Crippen molar-refractivity contribution in [3.05, 3.63) is 0 Å². The van der Waals surface area contributed by atoms with E-state index in [0.717, 1.165) is 12.5 Å². The van der Waals surface area contributed by atoms with Crippen molar-refractivity contribution in [2.75, 3.05) is 40.5 Å². The van der Waals surface area contributed by atoms with Crippen molar-refractivity contribution in [3.63, 3.8) is 0 Å². The number of methoxy groups -OCH3 is 1. The van der Waals surface area contributed by atoms with Crippen molar-refractivity contribution < 1.29 is 9.47 Å². The van der Waals surface area contributed by atoms with Crippen molar-refractivity contribution in [2.45, 2.75) is 26.3 Å². The number of ether oxygens (including phenoxy) is 2. The van der Waals surface area contributed by atoms with E-state index in [2.05, 4.69) is 36.4 Å². The second-order valence-electron chi connectivity index (χ2n) is 4.48. The molecule has 0 bridgehead atoms. The molecule has 0 unspecified atom stereocenters. The predicted octanol–water partition coefficient (Wildman–Crippen LogP) is 1.23. The highest BCUT2D eigenvalue weighted by atomic mass is 127. The first-order valence-corrected chi connectivity index (χ1v) is 5.55. The van der Waals surface area contributed by atoms with E-state index in [1.165, 1.54) is 0 Å². The highest BCUT2D eigenvalue weighted by Crippen LogP contribution is 1.97. The lowest BCUT2D eigenvalue weighted by molar-refractivity contribution is 0.0733. The molecular weight excluding hydrogens is 333 g/mol. The lowest BCUT2D eigenvalue weighted by Gasteiger charge is -2.23. The van der Waals surface area contributed by atoms with Crippen LogP contribution >= 0.6 is 24.0 Å². The molecule has 0 radical (unpaired) electrons. The highest BCUT2D eigenvalue weighted by molar-refractivity contribution is 14.0. The molecule has 2 N–H and O–H groups in total. The van der Waals surface area contributed by atoms with Crippen LogP contribution in [0.2, 0.25) is 0 Å². The van der Waals surface area contributed by atoms with Crippen LogP contribution in [0.1, 0.15) is 20.8 Å². The van der Waals surface area contributed by atoms with Gasteiger partial charge in [0.1, 0.15) is 0 Å². The zero-order valence-electron chi connectivity index (χ0n) is 11.5. The summed E-state index contributed by atoms with van der Waals surface area (Å²) in [6.07, 6.45) is 0. The van der Waals surface area contributed by atoms with Crippen LogP contribution in [-0.2, 0) is 9.47 Å². The molecule has 0 aliphatic carbocycles. The monoisotopic (exact) mass is 359 g/mol. The topological polar surface area (TPSA) is 54.9 Å². The van der Waals surface area contributed by atoms with Gasteiger partial charge in [-0.25, -0.2) is 0 Å². The zero-order valence-corrected chi connectivity index (χ0v) is 13.8. The maximum Gasteiger partial charge on any atom is 0.191 e. The average Bonchev–Trinajstić information content (AvgIpc) is 2.19. The smallest absolute Gasteiger partial charge is 0.191 e. The summed E-state index contributed by atoms with van der Waals surface area (Å²) in [5.74, 6) is 0.794. The Morgan fingerprint density at radius 1 is 1.18 bits per heavy atom. The van der Waals surface area contributed by atoms with E-state index in [9.17, 15) is 0 Å². The Morgan fingerprint density at radius 2 is 1.82 bits per heavy atom. The molecule has 0 fully saturated rings. The maximum atomic E-state index is 5.33. The summed E-state index contributed by atoms with van der Waals surface area (Å²) < 4.78 is 10.2. The minimum Gasteiger partial charge on any atom is -0.382 e. The van der Waals surface area contributed by atoms with Gasteiger partial charge in [0, 0.05) is 26.2 Å². The normalized spacial score (nSPS) is 11.9. The van der Waals surface area contributed by atoms with Gasteiger partial charge in [-0.3, -0.25) is 4.99 Å². The SMILES string of the molecule is CN=C(NCCOCCOC)NC(C)(C)C.I. The van der Waals surface area contributed by atoms with Gasteiger partial charge in [0.15, 0.2) is 5.96 Å². The molecule has 0 heterocycles. The van der Waals surface area contributed by atoms with Crippen LogP contribution in [0.25, 0.3) is 0 Å². The Balaban J connectivity index is 0. The third-order valence-corrected chi connectivity index (χ3v) is 1.69. The van der Waals surface area contributed by atoms with Gasteiger partial charge in [0.05, 0.1) is 19.8 Å². The molecule has 104 valence electrons. The van der Waals surface area contributed by atoms with Crippen molar-refractivity contribution in [1.29, 1.82) is 0 Å². The summed E-state index contributed by atoms with van der Waals surface area (Å²) in [4.78, 5) is 4.12. The molecule has 0 rings (SSSR count). The number of hydrogen-bond acceptors (Lipinski definition) is 3. The van der Waals surface area contributed by atoms with E-state index in [0.29, 0.717) is 19.8 Å². The summed E-state index contributed by atoms with van der Waals surface area (Å²) in [6.45, 7) is 8.92. The van der Waals surface area contributed by atoms with Gasteiger partial charge < -0.3 is 20.1 Å². The van der Waals surface area contributed by atoms with E-state index >= 15 is 0 Å². The number of nitrogens with zero attached hydrogens (tertiary/aromatic N) is 1. The molecule has 0 spiro atoms. The Bertz CT molecular complexity index is 205. The van der Waals surface area contributed by atoms with Crippen LogP contribution in [0, 0.1) is 0 Å². The number of hydrogen-bond donors (Lipinski definition) is 2. The van der Waals surface area contributed by atoms with Crippen LogP contribution < -0.4 is 10.6 Å². The molecular formula is C11H26IN3O2. The average molecular weight is 359 g/mol. The van der Waals surface area contributed by atoms with Gasteiger partial charge in [-0.2, -0.15) is 0 Å². The largest absolute Gasteiger partial charge is 0.382 e. The Labute approximate surface area is 122 Å². The minimum atomic E-state index is 0. The lowest BCUT2D eigenvalue weighted by atomic mass is 10.1. The number of rotatable bonds is 6. The fraction of sp³-hybridized carbons (Fsp3) is 0.909. The predicted molar refractivity (Wildman–Crippen MR) is 82.4 cm³/mol. The molecule has 17 heavy (non-hydrogen) atoms. The van der Waals surface area contributed by atoms with Crippen LogP contribution in [-0.4, -0.2) is 52.0 Å². The Morgan fingerprint density at radius 3 is 2.29 bits per heavy atom. The molecule has 0 aliphatic rings. The van der Waals surface area contributed by atoms with Crippen LogP contribution in [0.3, 0.4) is 0 Å². The summed E-state index contributed by atoms with van der Waals surface area (Å²) in [6, 6.07) is 0. The molecule has 0 amide bonds. The van der Waals surface area contributed by atoms with Crippen molar-refractivity contribution in [3.8, 4) is 0 Å². The second kappa shape index (κ2) is 11.0. The van der Waals surface area contributed by atoms with E-state index in [4.69, 9.17) is 9.47 Å². The number of aliphatic imine (C=N–C) groups is 1. The summed E-state index contributed by atoms with van der Waals surface area (Å²) in [5.41, 5.74) is 0.0126. The van der Waals surface area contributed by atoms with Gasteiger partial charge in [0.2, 0.25) is 0 Å².